The standard InChI is InChI=1S/C16H13N/c1-12-14-10-6-3-7-11-15(14)17-16(12)13-8-4-2-5-9-13/h2-11H,1H3. The van der Waals surface area contributed by atoms with Crippen molar-refractivity contribution >= 4 is 0 Å². The molecule has 0 unspecified atom stereocenters. The second-order valence-electron chi connectivity index (χ2n) is 4.16. The van der Waals surface area contributed by atoms with E-state index in [9.17, 15) is 0 Å². The van der Waals surface area contributed by atoms with Crippen molar-refractivity contribution in [3.8, 4) is 22.5 Å². The van der Waals surface area contributed by atoms with Gasteiger partial charge in [0.1, 0.15) is 0 Å². The van der Waals surface area contributed by atoms with Crippen LogP contribution in [-0.2, 0) is 0 Å². The number of benzene rings is 1. The Bertz CT molecular complexity index is 614. The van der Waals surface area contributed by atoms with E-state index in [0.29, 0.717) is 0 Å². The van der Waals surface area contributed by atoms with E-state index in [1.165, 1.54) is 16.7 Å². The van der Waals surface area contributed by atoms with Crippen LogP contribution < -0.4 is 0 Å². The van der Waals surface area contributed by atoms with E-state index in [0.717, 1.165) is 11.4 Å². The highest BCUT2D eigenvalue weighted by atomic mass is 14.7. The first-order chi connectivity index (χ1) is 8.36. The van der Waals surface area contributed by atoms with E-state index in [1.54, 1.807) is 0 Å². The zero-order valence-corrected chi connectivity index (χ0v) is 9.72. The number of rotatable bonds is 1. The molecule has 1 aliphatic heterocycles. The lowest BCUT2D eigenvalue weighted by atomic mass is 10.1. The van der Waals surface area contributed by atoms with Crippen molar-refractivity contribution in [2.75, 3.05) is 0 Å². The summed E-state index contributed by atoms with van der Waals surface area (Å²) >= 11 is 0. The molecule has 0 saturated carbocycles. The third-order valence-corrected chi connectivity index (χ3v) is 3.05. The SMILES string of the molecule is Cc1c2cccccc-2nc1-c1ccccc1. The van der Waals surface area contributed by atoms with Crippen molar-refractivity contribution in [1.29, 1.82) is 0 Å². The molecule has 0 bridgehead atoms. The smallest absolute Gasteiger partial charge is 0.0745 e. The van der Waals surface area contributed by atoms with Gasteiger partial charge in [-0.15, -0.1) is 0 Å². The van der Waals surface area contributed by atoms with E-state index in [-0.39, 0.29) is 0 Å². The maximum atomic E-state index is 4.72. The molecule has 0 radical (unpaired) electrons. The van der Waals surface area contributed by atoms with Gasteiger partial charge in [0.05, 0.1) is 11.4 Å². The van der Waals surface area contributed by atoms with E-state index >= 15 is 0 Å². The monoisotopic (exact) mass is 219 g/mol. The molecule has 0 atom stereocenters. The van der Waals surface area contributed by atoms with Gasteiger partial charge in [-0.1, -0.05) is 54.6 Å². The zero-order valence-electron chi connectivity index (χ0n) is 9.72. The second kappa shape index (κ2) is 4.02. The largest absolute Gasteiger partial charge is 0.247 e. The summed E-state index contributed by atoms with van der Waals surface area (Å²) in [5.41, 5.74) is 5.82. The summed E-state index contributed by atoms with van der Waals surface area (Å²) in [4.78, 5) is 4.72. The molecular formula is C16H13N. The van der Waals surface area contributed by atoms with Crippen LogP contribution in [0, 0.1) is 6.92 Å². The second-order valence-corrected chi connectivity index (χ2v) is 4.16. The highest BCUT2D eigenvalue weighted by molar-refractivity contribution is 5.78. The Morgan fingerprint density at radius 2 is 1.41 bits per heavy atom. The Morgan fingerprint density at radius 1 is 0.765 bits per heavy atom. The molecule has 1 aromatic carbocycles. The van der Waals surface area contributed by atoms with Crippen molar-refractivity contribution in [3.05, 3.63) is 66.2 Å². The summed E-state index contributed by atoms with van der Waals surface area (Å²) in [6.45, 7) is 2.14. The molecule has 1 aliphatic carbocycles. The Labute approximate surface area is 101 Å². The minimum atomic E-state index is 1.06. The zero-order chi connectivity index (χ0) is 11.7. The summed E-state index contributed by atoms with van der Waals surface area (Å²) in [7, 11) is 0. The van der Waals surface area contributed by atoms with Crippen LogP contribution in [0.1, 0.15) is 5.56 Å². The topological polar surface area (TPSA) is 12.9 Å². The fourth-order valence-corrected chi connectivity index (χ4v) is 2.16. The molecule has 82 valence electrons. The number of nitrogens with zero attached hydrogens (tertiary/aromatic N) is 1. The van der Waals surface area contributed by atoms with E-state index in [4.69, 9.17) is 4.98 Å². The van der Waals surface area contributed by atoms with Crippen LogP contribution in [0.4, 0.5) is 0 Å². The van der Waals surface area contributed by atoms with Gasteiger partial charge in [0.25, 0.3) is 0 Å². The molecule has 0 aromatic heterocycles. The van der Waals surface area contributed by atoms with Crippen LogP contribution in [0.25, 0.3) is 22.5 Å². The van der Waals surface area contributed by atoms with Crippen LogP contribution in [0.3, 0.4) is 0 Å². The summed E-state index contributed by atoms with van der Waals surface area (Å²) in [5.74, 6) is 0. The van der Waals surface area contributed by atoms with Gasteiger partial charge in [-0.3, -0.25) is 0 Å². The average Bonchev–Trinajstić information content (AvgIpc) is 2.56. The Morgan fingerprint density at radius 3 is 2.18 bits per heavy atom. The maximum Gasteiger partial charge on any atom is 0.0745 e. The van der Waals surface area contributed by atoms with Crippen molar-refractivity contribution < 1.29 is 0 Å². The van der Waals surface area contributed by atoms with E-state index in [2.05, 4.69) is 37.3 Å². The van der Waals surface area contributed by atoms with Crippen LogP contribution in [0.5, 0.6) is 0 Å². The van der Waals surface area contributed by atoms with Gasteiger partial charge in [-0.05, 0) is 18.6 Å². The van der Waals surface area contributed by atoms with E-state index in [1.807, 2.05) is 30.3 Å². The van der Waals surface area contributed by atoms with Crippen molar-refractivity contribution in [3.63, 3.8) is 0 Å². The van der Waals surface area contributed by atoms with Crippen molar-refractivity contribution in [2.24, 2.45) is 0 Å². The molecule has 0 amide bonds. The molecule has 1 nitrogen and oxygen atoms in total. The fraction of sp³-hybridized carbons (Fsp3) is 0.0625. The molecular weight excluding hydrogens is 206 g/mol. The highest BCUT2D eigenvalue weighted by Gasteiger charge is 2.13. The molecule has 1 aromatic rings. The summed E-state index contributed by atoms with van der Waals surface area (Å²) in [6.07, 6.45) is 0. The van der Waals surface area contributed by atoms with Gasteiger partial charge < -0.3 is 0 Å². The Hall–Kier alpha value is -2.15. The lowest BCUT2D eigenvalue weighted by molar-refractivity contribution is 1.38. The summed E-state index contributed by atoms with van der Waals surface area (Å²) < 4.78 is 0. The molecule has 1 heteroatoms. The minimum Gasteiger partial charge on any atom is -0.247 e. The van der Waals surface area contributed by atoms with Gasteiger partial charge in [0.15, 0.2) is 0 Å². The van der Waals surface area contributed by atoms with Crippen LogP contribution in [-0.4, -0.2) is 4.98 Å². The Kier molecular flexibility index (Phi) is 2.37. The van der Waals surface area contributed by atoms with Gasteiger partial charge in [-0.25, -0.2) is 4.98 Å². The molecule has 0 saturated heterocycles. The quantitative estimate of drug-likeness (QED) is 0.598. The molecule has 3 rings (SSSR count). The molecule has 0 spiro atoms. The lowest BCUT2D eigenvalue weighted by Crippen LogP contribution is -1.78. The molecule has 17 heavy (non-hydrogen) atoms. The predicted octanol–water partition coefficient (Wildman–Crippen LogP) is 4.16. The van der Waals surface area contributed by atoms with Gasteiger partial charge >= 0.3 is 0 Å². The third-order valence-electron chi connectivity index (χ3n) is 3.05. The highest BCUT2D eigenvalue weighted by Crippen LogP contribution is 2.32. The molecule has 2 aliphatic rings. The third kappa shape index (κ3) is 1.70. The van der Waals surface area contributed by atoms with Crippen LogP contribution in [0.15, 0.2) is 60.7 Å². The number of hydrogen-bond acceptors (Lipinski definition) is 1. The molecule has 0 fully saturated rings. The van der Waals surface area contributed by atoms with Crippen LogP contribution >= 0.6 is 0 Å². The minimum absolute atomic E-state index is 1.06. The average molecular weight is 219 g/mol. The first-order valence-corrected chi connectivity index (χ1v) is 5.77. The Balaban J connectivity index is 2.26. The lowest BCUT2D eigenvalue weighted by Gasteiger charge is -1.97. The van der Waals surface area contributed by atoms with Crippen LogP contribution in [0.2, 0.25) is 0 Å². The number of fused-ring (bicyclic) bond motifs is 1. The van der Waals surface area contributed by atoms with Crippen molar-refractivity contribution in [1.82, 2.24) is 4.98 Å². The van der Waals surface area contributed by atoms with Gasteiger partial charge in [-0.2, -0.15) is 0 Å². The summed E-state index contributed by atoms with van der Waals surface area (Å²) in [6, 6.07) is 20.7. The normalized spacial score (nSPS) is 10.6. The van der Waals surface area contributed by atoms with Gasteiger partial charge in [0, 0.05) is 11.1 Å². The first kappa shape index (κ1) is 10.0. The number of aromatic nitrogens is 1. The van der Waals surface area contributed by atoms with Crippen molar-refractivity contribution in [2.45, 2.75) is 6.92 Å². The molecule has 0 N–H and O–H groups in total. The predicted molar refractivity (Wildman–Crippen MR) is 71.0 cm³/mol. The maximum absolute atomic E-state index is 4.72. The van der Waals surface area contributed by atoms with E-state index < -0.39 is 0 Å². The van der Waals surface area contributed by atoms with Gasteiger partial charge in [0.2, 0.25) is 0 Å². The number of hydrogen-bond donors (Lipinski definition) is 0. The fourth-order valence-electron chi connectivity index (χ4n) is 2.16. The first-order valence-electron chi connectivity index (χ1n) is 5.77. The molecule has 1 heterocycles. The summed E-state index contributed by atoms with van der Waals surface area (Å²) in [5, 5.41) is 0.